The van der Waals surface area contributed by atoms with Gasteiger partial charge in [-0.3, -0.25) is 0 Å². The van der Waals surface area contributed by atoms with E-state index in [9.17, 15) is 9.50 Å². The molecule has 0 saturated heterocycles. The molecule has 1 unspecified atom stereocenters. The molecule has 0 spiro atoms. The minimum atomic E-state index is -1.20. The number of rotatable bonds is 5. The highest BCUT2D eigenvalue weighted by atomic mass is 19.1. The van der Waals surface area contributed by atoms with Crippen LogP contribution in [0.5, 0.6) is 11.5 Å². The Hall–Kier alpha value is -2.07. The van der Waals surface area contributed by atoms with Crippen molar-refractivity contribution in [2.75, 3.05) is 14.2 Å². The largest absolute Gasteiger partial charge is 0.496 e. The third-order valence-electron chi connectivity index (χ3n) is 3.43. The molecule has 21 heavy (non-hydrogen) atoms. The van der Waals surface area contributed by atoms with Gasteiger partial charge in [0.05, 0.1) is 25.4 Å². The van der Waals surface area contributed by atoms with Gasteiger partial charge in [-0.2, -0.15) is 0 Å². The quantitative estimate of drug-likeness (QED) is 0.918. The van der Waals surface area contributed by atoms with Gasteiger partial charge in [-0.1, -0.05) is 18.2 Å². The molecule has 2 aromatic rings. The van der Waals surface area contributed by atoms with E-state index in [4.69, 9.17) is 9.47 Å². The molecule has 0 saturated carbocycles. The molecule has 112 valence electrons. The van der Waals surface area contributed by atoms with Crippen LogP contribution in [-0.4, -0.2) is 19.3 Å². The summed E-state index contributed by atoms with van der Waals surface area (Å²) < 4.78 is 23.6. The number of ether oxygens (including phenoxy) is 2. The molecule has 0 radical (unpaired) electrons. The molecule has 3 nitrogen and oxygen atoms in total. The van der Waals surface area contributed by atoms with E-state index in [0.29, 0.717) is 23.5 Å². The average molecular weight is 290 g/mol. The van der Waals surface area contributed by atoms with Crippen LogP contribution in [0, 0.1) is 5.82 Å². The van der Waals surface area contributed by atoms with Crippen LogP contribution in [0.3, 0.4) is 0 Å². The lowest BCUT2D eigenvalue weighted by Gasteiger charge is -2.27. The van der Waals surface area contributed by atoms with Gasteiger partial charge < -0.3 is 14.6 Å². The first-order valence-electron chi connectivity index (χ1n) is 6.66. The fourth-order valence-electron chi connectivity index (χ4n) is 2.47. The standard InChI is InChI=1S/C17H19FO3/c1-17(19,11-12-7-9-13(18)10-8-12)16-14(20-2)5-4-6-15(16)21-3/h4-10,19H,11H2,1-3H3. The summed E-state index contributed by atoms with van der Waals surface area (Å²) in [4.78, 5) is 0. The summed E-state index contributed by atoms with van der Waals surface area (Å²) in [5.74, 6) is 0.816. The van der Waals surface area contributed by atoms with Crippen molar-refractivity contribution < 1.29 is 19.0 Å². The van der Waals surface area contributed by atoms with Crippen molar-refractivity contribution in [1.29, 1.82) is 0 Å². The third-order valence-corrected chi connectivity index (χ3v) is 3.43. The van der Waals surface area contributed by atoms with Crippen LogP contribution in [0.15, 0.2) is 42.5 Å². The summed E-state index contributed by atoms with van der Waals surface area (Å²) in [7, 11) is 3.10. The molecule has 0 aliphatic carbocycles. The Bertz CT molecular complexity index is 584. The van der Waals surface area contributed by atoms with Crippen molar-refractivity contribution in [3.8, 4) is 11.5 Å². The summed E-state index contributed by atoms with van der Waals surface area (Å²) in [6.45, 7) is 1.69. The first-order chi connectivity index (χ1) is 9.97. The van der Waals surface area contributed by atoms with Gasteiger partial charge in [-0.25, -0.2) is 4.39 Å². The van der Waals surface area contributed by atoms with E-state index < -0.39 is 5.60 Å². The summed E-state index contributed by atoms with van der Waals surface area (Å²) in [5, 5.41) is 10.9. The molecule has 4 heteroatoms. The van der Waals surface area contributed by atoms with Gasteiger partial charge in [0.2, 0.25) is 0 Å². The zero-order valence-electron chi connectivity index (χ0n) is 12.4. The summed E-state index contributed by atoms with van der Waals surface area (Å²) in [6, 6.07) is 11.4. The van der Waals surface area contributed by atoms with Gasteiger partial charge in [-0.05, 0) is 36.8 Å². The van der Waals surface area contributed by atoms with Crippen LogP contribution in [0.25, 0.3) is 0 Å². The lowest BCUT2D eigenvalue weighted by molar-refractivity contribution is 0.0522. The van der Waals surface area contributed by atoms with Gasteiger partial charge in [0.15, 0.2) is 0 Å². The Labute approximate surface area is 124 Å². The second-order valence-electron chi connectivity index (χ2n) is 5.11. The van der Waals surface area contributed by atoms with Crippen LogP contribution >= 0.6 is 0 Å². The number of hydrogen-bond donors (Lipinski definition) is 1. The van der Waals surface area contributed by atoms with E-state index in [0.717, 1.165) is 5.56 Å². The number of benzene rings is 2. The van der Waals surface area contributed by atoms with Crippen molar-refractivity contribution in [2.24, 2.45) is 0 Å². The molecule has 0 bridgehead atoms. The minimum absolute atomic E-state index is 0.298. The van der Waals surface area contributed by atoms with Crippen LogP contribution < -0.4 is 9.47 Å². The van der Waals surface area contributed by atoms with Crippen LogP contribution in [0.4, 0.5) is 4.39 Å². The van der Waals surface area contributed by atoms with Crippen molar-refractivity contribution in [1.82, 2.24) is 0 Å². The summed E-state index contributed by atoms with van der Waals surface area (Å²) >= 11 is 0. The van der Waals surface area contributed by atoms with Crippen molar-refractivity contribution in [3.05, 3.63) is 59.4 Å². The number of methoxy groups -OCH3 is 2. The Kier molecular flexibility index (Phi) is 4.48. The Morgan fingerprint density at radius 1 is 1.00 bits per heavy atom. The lowest BCUT2D eigenvalue weighted by atomic mass is 9.87. The highest BCUT2D eigenvalue weighted by Gasteiger charge is 2.31. The van der Waals surface area contributed by atoms with Gasteiger partial charge in [0, 0.05) is 6.42 Å². The molecule has 0 heterocycles. The monoisotopic (exact) mass is 290 g/mol. The smallest absolute Gasteiger partial charge is 0.128 e. The Balaban J connectivity index is 2.40. The zero-order valence-corrected chi connectivity index (χ0v) is 12.4. The lowest BCUT2D eigenvalue weighted by Crippen LogP contribution is -2.26. The van der Waals surface area contributed by atoms with Gasteiger partial charge in [-0.15, -0.1) is 0 Å². The van der Waals surface area contributed by atoms with E-state index in [-0.39, 0.29) is 5.82 Å². The Morgan fingerprint density at radius 2 is 1.52 bits per heavy atom. The second-order valence-corrected chi connectivity index (χ2v) is 5.11. The molecule has 1 N–H and O–H groups in total. The normalized spacial score (nSPS) is 13.6. The summed E-state index contributed by atoms with van der Waals surface area (Å²) in [5.41, 5.74) is 0.212. The van der Waals surface area contributed by atoms with E-state index >= 15 is 0 Å². The highest BCUT2D eigenvalue weighted by Crippen LogP contribution is 2.39. The molecular weight excluding hydrogens is 271 g/mol. The predicted octanol–water partition coefficient (Wildman–Crippen LogP) is 3.29. The number of hydrogen-bond acceptors (Lipinski definition) is 3. The Morgan fingerprint density at radius 3 is 2.00 bits per heavy atom. The maximum absolute atomic E-state index is 13.0. The molecule has 1 atom stereocenters. The van der Waals surface area contributed by atoms with E-state index in [1.54, 1.807) is 51.5 Å². The second kappa shape index (κ2) is 6.14. The summed E-state index contributed by atoms with van der Waals surface area (Å²) in [6.07, 6.45) is 0.323. The predicted molar refractivity (Wildman–Crippen MR) is 79.2 cm³/mol. The molecule has 2 rings (SSSR count). The highest BCUT2D eigenvalue weighted by molar-refractivity contribution is 5.49. The fraction of sp³-hybridized carbons (Fsp3) is 0.294. The minimum Gasteiger partial charge on any atom is -0.496 e. The van der Waals surface area contributed by atoms with Crippen molar-refractivity contribution in [3.63, 3.8) is 0 Å². The maximum atomic E-state index is 13.0. The number of halogens is 1. The van der Waals surface area contributed by atoms with Gasteiger partial charge in [0.25, 0.3) is 0 Å². The topological polar surface area (TPSA) is 38.7 Å². The zero-order chi connectivity index (χ0) is 15.5. The van der Waals surface area contributed by atoms with Crippen LogP contribution in [0.1, 0.15) is 18.1 Å². The van der Waals surface area contributed by atoms with Gasteiger partial charge >= 0.3 is 0 Å². The van der Waals surface area contributed by atoms with Crippen molar-refractivity contribution in [2.45, 2.75) is 18.9 Å². The molecule has 0 fully saturated rings. The SMILES string of the molecule is COc1cccc(OC)c1C(C)(O)Cc1ccc(F)cc1. The first kappa shape index (κ1) is 15.3. The van der Waals surface area contributed by atoms with Gasteiger partial charge in [0.1, 0.15) is 17.3 Å². The molecule has 2 aromatic carbocycles. The fourth-order valence-corrected chi connectivity index (χ4v) is 2.47. The molecule has 0 aliphatic rings. The molecule has 0 aromatic heterocycles. The first-order valence-corrected chi connectivity index (χ1v) is 6.66. The number of aliphatic hydroxyl groups is 1. The van der Waals surface area contributed by atoms with Crippen LogP contribution in [-0.2, 0) is 12.0 Å². The maximum Gasteiger partial charge on any atom is 0.128 e. The average Bonchev–Trinajstić information content (AvgIpc) is 2.48. The molecule has 0 amide bonds. The van der Waals surface area contributed by atoms with E-state index in [1.807, 2.05) is 0 Å². The van der Waals surface area contributed by atoms with E-state index in [2.05, 4.69) is 0 Å². The third kappa shape index (κ3) is 3.34. The van der Waals surface area contributed by atoms with Crippen molar-refractivity contribution >= 4 is 0 Å². The molecular formula is C17H19FO3. The van der Waals surface area contributed by atoms with Crippen LogP contribution in [0.2, 0.25) is 0 Å². The molecule has 0 aliphatic heterocycles. The van der Waals surface area contributed by atoms with E-state index in [1.165, 1.54) is 12.1 Å².